The van der Waals surface area contributed by atoms with Crippen molar-refractivity contribution in [2.24, 2.45) is 0 Å². The Morgan fingerprint density at radius 1 is 0.365 bits per heavy atom. The van der Waals surface area contributed by atoms with Gasteiger partial charge in [-0.25, -0.2) is 0 Å². The van der Waals surface area contributed by atoms with Crippen LogP contribution in [0.2, 0.25) is 0 Å². The number of hydrogen-bond acceptors (Lipinski definition) is 5. The molecule has 0 aliphatic carbocycles. The van der Waals surface area contributed by atoms with Gasteiger partial charge in [-0.1, -0.05) is 353 Å². The standard InChI is InChI=1S/C68H133NO5/c1-3-5-7-9-11-13-15-17-19-20-26-30-34-38-42-46-50-54-58-62-68(73)74-63-59-55-51-47-43-39-35-31-28-25-23-21-22-24-27-29-33-37-41-45-49-53-57-61-67(72)69-65(64-70)66(71)60-56-52-48-44-40-36-32-18-16-14-12-10-8-6-4-2/h56,60,65-66,70-71H,3-55,57-59,61-64H2,1-2H3,(H,69,72)/b60-56+. The molecule has 0 fully saturated rings. The topological polar surface area (TPSA) is 95.9 Å². The van der Waals surface area contributed by atoms with Gasteiger partial charge in [0.15, 0.2) is 0 Å². The Morgan fingerprint density at radius 2 is 0.622 bits per heavy atom. The average molecular weight is 1040 g/mol. The van der Waals surface area contributed by atoms with Crippen LogP contribution >= 0.6 is 0 Å². The molecule has 6 heteroatoms. The first-order chi connectivity index (χ1) is 36.5. The van der Waals surface area contributed by atoms with E-state index in [0.717, 1.165) is 38.5 Å². The molecular formula is C68H133NO5. The SMILES string of the molecule is CCCCCCCCCCCCCCC/C=C/C(O)C(CO)NC(=O)CCCCCCCCCCCCCCCCCCCCCCCCCOC(=O)CCCCCCCCCCCCCCCCCCCCC. The first-order valence-electron chi connectivity index (χ1n) is 34.0. The van der Waals surface area contributed by atoms with Crippen LogP contribution in [0.25, 0.3) is 0 Å². The van der Waals surface area contributed by atoms with Gasteiger partial charge in [0.25, 0.3) is 0 Å². The first kappa shape index (κ1) is 72.6. The molecule has 74 heavy (non-hydrogen) atoms. The molecule has 0 aromatic carbocycles. The number of esters is 1. The summed E-state index contributed by atoms with van der Waals surface area (Å²) in [6, 6.07) is -0.626. The van der Waals surface area contributed by atoms with E-state index in [1.807, 2.05) is 6.08 Å². The molecule has 0 rings (SSSR count). The molecule has 1 amide bonds. The fraction of sp³-hybridized carbons (Fsp3) is 0.941. The minimum Gasteiger partial charge on any atom is -0.466 e. The number of carbonyl (C=O) groups excluding carboxylic acids is 2. The number of aliphatic hydroxyl groups excluding tert-OH is 2. The van der Waals surface area contributed by atoms with Gasteiger partial charge < -0.3 is 20.3 Å². The summed E-state index contributed by atoms with van der Waals surface area (Å²) in [6.45, 7) is 4.94. The minimum atomic E-state index is -0.843. The zero-order chi connectivity index (χ0) is 53.6. The number of rotatable bonds is 64. The molecule has 2 unspecified atom stereocenters. The van der Waals surface area contributed by atoms with Gasteiger partial charge >= 0.3 is 5.97 Å². The Hall–Kier alpha value is -1.40. The number of amides is 1. The number of nitrogens with one attached hydrogen (secondary N) is 1. The molecule has 0 spiro atoms. The summed E-state index contributed by atoms with van der Waals surface area (Å²) in [5.41, 5.74) is 0. The zero-order valence-corrected chi connectivity index (χ0v) is 50.4. The highest BCUT2D eigenvalue weighted by atomic mass is 16.5. The number of allylic oxidation sites excluding steroid dienone is 1. The zero-order valence-electron chi connectivity index (χ0n) is 50.4. The largest absolute Gasteiger partial charge is 0.466 e. The molecule has 0 saturated carbocycles. The van der Waals surface area contributed by atoms with E-state index in [1.165, 1.54) is 321 Å². The van der Waals surface area contributed by atoms with Crippen molar-refractivity contribution in [3.8, 4) is 0 Å². The van der Waals surface area contributed by atoms with Crippen LogP contribution in [0.1, 0.15) is 386 Å². The highest BCUT2D eigenvalue weighted by Crippen LogP contribution is 2.19. The fourth-order valence-corrected chi connectivity index (χ4v) is 10.9. The number of ether oxygens (including phenoxy) is 1. The number of aliphatic hydroxyl groups is 2. The lowest BCUT2D eigenvalue weighted by Crippen LogP contribution is -2.45. The molecule has 2 atom stereocenters. The van der Waals surface area contributed by atoms with Crippen molar-refractivity contribution in [3.05, 3.63) is 12.2 Å². The second-order valence-corrected chi connectivity index (χ2v) is 23.5. The predicted molar refractivity (Wildman–Crippen MR) is 324 cm³/mol. The Bertz CT molecular complexity index is 1110. The molecule has 0 bridgehead atoms. The summed E-state index contributed by atoms with van der Waals surface area (Å²) < 4.78 is 5.51. The molecule has 0 aliphatic heterocycles. The van der Waals surface area contributed by atoms with Crippen LogP contribution in [0.4, 0.5) is 0 Å². The molecule has 0 aliphatic rings. The third-order valence-corrected chi connectivity index (χ3v) is 16.1. The van der Waals surface area contributed by atoms with Gasteiger partial charge in [0.05, 0.1) is 25.4 Å². The third kappa shape index (κ3) is 59.8. The summed E-state index contributed by atoms with van der Waals surface area (Å²) in [5.74, 6) is -0.0451. The van der Waals surface area contributed by atoms with Crippen molar-refractivity contribution in [2.45, 2.75) is 398 Å². The molecule has 3 N–H and O–H groups in total. The molecule has 6 nitrogen and oxygen atoms in total. The maximum absolute atomic E-state index is 12.5. The van der Waals surface area contributed by atoms with Crippen molar-refractivity contribution in [1.82, 2.24) is 5.32 Å². The highest BCUT2D eigenvalue weighted by Gasteiger charge is 2.18. The maximum atomic E-state index is 12.5. The van der Waals surface area contributed by atoms with Crippen LogP contribution in [-0.4, -0.2) is 47.4 Å². The Balaban J connectivity index is 3.35. The lowest BCUT2D eigenvalue weighted by Gasteiger charge is -2.20. The van der Waals surface area contributed by atoms with Crippen molar-refractivity contribution in [3.63, 3.8) is 0 Å². The van der Waals surface area contributed by atoms with Crippen molar-refractivity contribution in [2.75, 3.05) is 13.2 Å². The van der Waals surface area contributed by atoms with E-state index in [-0.39, 0.29) is 18.5 Å². The van der Waals surface area contributed by atoms with Gasteiger partial charge in [0.2, 0.25) is 5.91 Å². The number of carbonyl (C=O) groups is 2. The second-order valence-electron chi connectivity index (χ2n) is 23.5. The molecule has 0 radical (unpaired) electrons. The lowest BCUT2D eigenvalue weighted by atomic mass is 10.0. The van der Waals surface area contributed by atoms with Crippen LogP contribution in [0.3, 0.4) is 0 Å². The van der Waals surface area contributed by atoms with Gasteiger partial charge in [-0.3, -0.25) is 9.59 Å². The monoisotopic (exact) mass is 1040 g/mol. The molecule has 0 aromatic heterocycles. The summed E-state index contributed by atoms with van der Waals surface area (Å²) in [7, 11) is 0. The number of unbranched alkanes of at least 4 members (excludes halogenated alkanes) is 53. The van der Waals surface area contributed by atoms with E-state index in [9.17, 15) is 19.8 Å². The fourth-order valence-electron chi connectivity index (χ4n) is 10.9. The third-order valence-electron chi connectivity index (χ3n) is 16.1. The first-order valence-corrected chi connectivity index (χ1v) is 34.0. The predicted octanol–water partition coefficient (Wildman–Crippen LogP) is 21.6. The summed E-state index contributed by atoms with van der Waals surface area (Å²) >= 11 is 0. The Kier molecular flexibility index (Phi) is 62.9. The summed E-state index contributed by atoms with van der Waals surface area (Å²) in [4.78, 5) is 24.6. The van der Waals surface area contributed by atoms with E-state index in [0.29, 0.717) is 19.4 Å². The summed E-state index contributed by atoms with van der Waals surface area (Å²) in [6.07, 6.45) is 78.5. The smallest absolute Gasteiger partial charge is 0.305 e. The van der Waals surface area contributed by atoms with E-state index in [2.05, 4.69) is 19.2 Å². The van der Waals surface area contributed by atoms with Crippen LogP contribution in [0.5, 0.6) is 0 Å². The molecule has 440 valence electrons. The van der Waals surface area contributed by atoms with Crippen LogP contribution in [0, 0.1) is 0 Å². The van der Waals surface area contributed by atoms with Crippen LogP contribution < -0.4 is 5.32 Å². The van der Waals surface area contributed by atoms with Gasteiger partial charge in [0, 0.05) is 12.8 Å². The van der Waals surface area contributed by atoms with Gasteiger partial charge in [-0.05, 0) is 32.1 Å². The van der Waals surface area contributed by atoms with E-state index < -0.39 is 12.1 Å². The highest BCUT2D eigenvalue weighted by molar-refractivity contribution is 5.76. The van der Waals surface area contributed by atoms with Crippen molar-refractivity contribution in [1.29, 1.82) is 0 Å². The van der Waals surface area contributed by atoms with E-state index in [1.54, 1.807) is 6.08 Å². The Labute approximate surface area is 463 Å². The lowest BCUT2D eigenvalue weighted by molar-refractivity contribution is -0.143. The Morgan fingerprint density at radius 3 is 0.919 bits per heavy atom. The van der Waals surface area contributed by atoms with Gasteiger partial charge in [0.1, 0.15) is 0 Å². The normalized spacial score (nSPS) is 12.5. The van der Waals surface area contributed by atoms with E-state index in [4.69, 9.17) is 4.74 Å². The van der Waals surface area contributed by atoms with Crippen molar-refractivity contribution >= 4 is 11.9 Å². The van der Waals surface area contributed by atoms with Gasteiger partial charge in [-0.2, -0.15) is 0 Å². The second kappa shape index (κ2) is 64.1. The van der Waals surface area contributed by atoms with Crippen LogP contribution in [-0.2, 0) is 14.3 Å². The summed E-state index contributed by atoms with van der Waals surface area (Å²) in [5, 5.41) is 23.2. The number of hydrogen-bond donors (Lipinski definition) is 3. The van der Waals surface area contributed by atoms with Gasteiger partial charge in [-0.15, -0.1) is 0 Å². The van der Waals surface area contributed by atoms with Crippen LogP contribution in [0.15, 0.2) is 12.2 Å². The quantitative estimate of drug-likeness (QED) is 0.0320. The van der Waals surface area contributed by atoms with Crippen molar-refractivity contribution < 1.29 is 24.5 Å². The molecule has 0 aromatic rings. The molecule has 0 heterocycles. The molecule has 0 saturated heterocycles. The minimum absolute atomic E-state index is 0.0196. The van der Waals surface area contributed by atoms with E-state index >= 15 is 0 Å². The molecular weight excluding hydrogens is 911 g/mol. The average Bonchev–Trinajstić information content (AvgIpc) is 3.40. The maximum Gasteiger partial charge on any atom is 0.305 e.